The third kappa shape index (κ3) is 2.90. The summed E-state index contributed by atoms with van der Waals surface area (Å²) < 4.78 is 5.65. The van der Waals surface area contributed by atoms with Gasteiger partial charge in [-0.25, -0.2) is 4.98 Å². The van der Waals surface area contributed by atoms with Crippen LogP contribution in [0.4, 0.5) is 5.69 Å². The van der Waals surface area contributed by atoms with Crippen LogP contribution in [0.25, 0.3) is 0 Å². The Balaban J connectivity index is 1.95. The molecule has 5 heteroatoms. The van der Waals surface area contributed by atoms with Gasteiger partial charge in [-0.05, 0) is 32.5 Å². The summed E-state index contributed by atoms with van der Waals surface area (Å²) in [5.41, 5.74) is 6.23. The molecule has 1 aromatic rings. The zero-order chi connectivity index (χ0) is 13.0. The van der Waals surface area contributed by atoms with Crippen molar-refractivity contribution in [1.82, 2.24) is 9.88 Å². The Morgan fingerprint density at radius 2 is 2.39 bits per heavy atom. The zero-order valence-electron chi connectivity index (χ0n) is 10.6. The van der Waals surface area contributed by atoms with Crippen LogP contribution in [0.5, 0.6) is 5.88 Å². The number of nitrogens with two attached hydrogens (primary N) is 1. The van der Waals surface area contributed by atoms with E-state index in [2.05, 4.69) is 16.9 Å². The number of nitriles is 1. The van der Waals surface area contributed by atoms with Crippen LogP contribution in [0.15, 0.2) is 12.1 Å². The van der Waals surface area contributed by atoms with Crippen LogP contribution in [0.3, 0.4) is 0 Å². The van der Waals surface area contributed by atoms with Gasteiger partial charge in [-0.15, -0.1) is 0 Å². The maximum atomic E-state index is 8.85. The molecule has 1 saturated heterocycles. The normalized spacial score (nSPS) is 20.3. The van der Waals surface area contributed by atoms with E-state index in [9.17, 15) is 0 Å². The molecule has 0 spiro atoms. The van der Waals surface area contributed by atoms with E-state index in [1.165, 1.54) is 12.8 Å². The number of rotatable bonds is 3. The second-order valence-electron chi connectivity index (χ2n) is 4.64. The lowest BCUT2D eigenvalue weighted by Crippen LogP contribution is -2.40. The van der Waals surface area contributed by atoms with Gasteiger partial charge in [0, 0.05) is 12.1 Å². The molecule has 0 bridgehead atoms. The number of nitrogens with zero attached hydrogens (tertiary/aromatic N) is 3. The van der Waals surface area contributed by atoms with Crippen LogP contribution in [-0.2, 0) is 0 Å². The molecule has 2 heterocycles. The Morgan fingerprint density at radius 1 is 1.56 bits per heavy atom. The summed E-state index contributed by atoms with van der Waals surface area (Å²) in [6.07, 6.45) is 3.65. The highest BCUT2D eigenvalue weighted by atomic mass is 16.5. The highest BCUT2D eigenvalue weighted by Crippen LogP contribution is 2.18. The summed E-state index contributed by atoms with van der Waals surface area (Å²) in [7, 11) is 2.12. The number of likely N-dealkylation sites (tertiary alicyclic amines) is 1. The van der Waals surface area contributed by atoms with E-state index < -0.39 is 0 Å². The van der Waals surface area contributed by atoms with Gasteiger partial charge in [0.2, 0.25) is 5.88 Å². The minimum absolute atomic E-state index is 0.226. The molecule has 1 aromatic heterocycles. The van der Waals surface area contributed by atoms with Gasteiger partial charge in [-0.1, -0.05) is 6.42 Å². The van der Waals surface area contributed by atoms with Gasteiger partial charge in [0.05, 0.1) is 5.69 Å². The molecule has 1 unspecified atom stereocenters. The number of ether oxygens (including phenoxy) is 1. The largest absolute Gasteiger partial charge is 0.476 e. The highest BCUT2D eigenvalue weighted by molar-refractivity contribution is 5.50. The summed E-state index contributed by atoms with van der Waals surface area (Å²) in [6.45, 7) is 1.73. The van der Waals surface area contributed by atoms with Gasteiger partial charge in [0.15, 0.2) is 5.69 Å². The van der Waals surface area contributed by atoms with Gasteiger partial charge in [0.1, 0.15) is 12.7 Å². The molecule has 0 aliphatic carbocycles. The average Bonchev–Trinajstić information content (AvgIpc) is 2.39. The zero-order valence-corrected chi connectivity index (χ0v) is 10.6. The Kier molecular flexibility index (Phi) is 4.00. The topological polar surface area (TPSA) is 75.2 Å². The highest BCUT2D eigenvalue weighted by Gasteiger charge is 2.19. The average molecular weight is 246 g/mol. The molecular formula is C13H18N4O. The Labute approximate surface area is 107 Å². The summed E-state index contributed by atoms with van der Waals surface area (Å²) in [6, 6.07) is 5.76. The van der Waals surface area contributed by atoms with Crippen molar-refractivity contribution >= 4 is 5.69 Å². The Bertz CT molecular complexity index is 455. The van der Waals surface area contributed by atoms with E-state index >= 15 is 0 Å². The van der Waals surface area contributed by atoms with Crippen molar-refractivity contribution < 1.29 is 4.74 Å². The minimum Gasteiger partial charge on any atom is -0.476 e. The predicted octanol–water partition coefficient (Wildman–Crippen LogP) is 1.40. The molecule has 1 aliphatic heterocycles. The maximum absolute atomic E-state index is 8.85. The van der Waals surface area contributed by atoms with Gasteiger partial charge in [0.25, 0.3) is 0 Å². The number of piperidine rings is 1. The molecule has 0 saturated carbocycles. The quantitative estimate of drug-likeness (QED) is 0.872. The lowest BCUT2D eigenvalue weighted by atomic mass is 10.0. The Morgan fingerprint density at radius 3 is 3.11 bits per heavy atom. The van der Waals surface area contributed by atoms with Crippen molar-refractivity contribution in [3.05, 3.63) is 17.8 Å². The summed E-state index contributed by atoms with van der Waals surface area (Å²) >= 11 is 0. The number of anilines is 1. The second-order valence-corrected chi connectivity index (χ2v) is 4.64. The van der Waals surface area contributed by atoms with E-state index in [1.807, 2.05) is 6.07 Å². The Hall–Kier alpha value is -1.80. The van der Waals surface area contributed by atoms with E-state index in [1.54, 1.807) is 12.1 Å². The number of hydrogen-bond donors (Lipinski definition) is 1. The molecule has 0 radical (unpaired) electrons. The molecular weight excluding hydrogens is 228 g/mol. The first kappa shape index (κ1) is 12.7. The van der Waals surface area contributed by atoms with Gasteiger partial charge in [-0.2, -0.15) is 5.26 Å². The molecule has 1 atom stereocenters. The van der Waals surface area contributed by atoms with Crippen molar-refractivity contribution in [2.75, 3.05) is 25.9 Å². The second kappa shape index (κ2) is 5.69. The van der Waals surface area contributed by atoms with Crippen LogP contribution >= 0.6 is 0 Å². The fourth-order valence-corrected chi connectivity index (χ4v) is 2.16. The van der Waals surface area contributed by atoms with E-state index in [0.717, 1.165) is 13.0 Å². The molecule has 0 aromatic carbocycles. The van der Waals surface area contributed by atoms with Crippen molar-refractivity contribution in [2.45, 2.75) is 25.3 Å². The molecule has 5 nitrogen and oxygen atoms in total. The fourth-order valence-electron chi connectivity index (χ4n) is 2.16. The standard InChI is InChI=1S/C13H18N4O/c1-17-7-3-2-4-10(17)9-18-13-6-5-11(15)12(8-14)16-13/h5-6,10H,2-4,7,9,15H2,1H3. The van der Waals surface area contributed by atoms with Crippen LogP contribution in [0.2, 0.25) is 0 Å². The summed E-state index contributed by atoms with van der Waals surface area (Å²) in [5, 5.41) is 8.85. The van der Waals surface area contributed by atoms with E-state index in [-0.39, 0.29) is 5.69 Å². The number of hydrogen-bond acceptors (Lipinski definition) is 5. The van der Waals surface area contributed by atoms with Crippen LogP contribution in [-0.4, -0.2) is 36.1 Å². The van der Waals surface area contributed by atoms with Crippen LogP contribution in [0, 0.1) is 11.3 Å². The number of pyridine rings is 1. The molecule has 18 heavy (non-hydrogen) atoms. The predicted molar refractivity (Wildman–Crippen MR) is 69.1 cm³/mol. The van der Waals surface area contributed by atoms with Crippen molar-refractivity contribution in [2.24, 2.45) is 0 Å². The van der Waals surface area contributed by atoms with Crippen LogP contribution < -0.4 is 10.5 Å². The third-order valence-corrected chi connectivity index (χ3v) is 3.35. The first-order valence-corrected chi connectivity index (χ1v) is 6.20. The number of likely N-dealkylation sites (N-methyl/N-ethyl adjacent to an activating group) is 1. The lowest BCUT2D eigenvalue weighted by molar-refractivity contribution is 0.122. The van der Waals surface area contributed by atoms with Gasteiger partial charge < -0.3 is 15.4 Å². The fraction of sp³-hybridized carbons (Fsp3) is 0.538. The van der Waals surface area contributed by atoms with Crippen molar-refractivity contribution in [3.63, 3.8) is 0 Å². The first-order valence-electron chi connectivity index (χ1n) is 6.20. The lowest BCUT2D eigenvalue weighted by Gasteiger charge is -2.31. The molecule has 1 fully saturated rings. The minimum atomic E-state index is 0.226. The molecule has 1 aliphatic rings. The van der Waals surface area contributed by atoms with E-state index in [4.69, 9.17) is 15.7 Å². The third-order valence-electron chi connectivity index (χ3n) is 3.35. The first-order chi connectivity index (χ1) is 8.70. The molecule has 2 N–H and O–H groups in total. The van der Waals surface area contributed by atoms with E-state index in [0.29, 0.717) is 24.2 Å². The van der Waals surface area contributed by atoms with Gasteiger partial charge >= 0.3 is 0 Å². The summed E-state index contributed by atoms with van der Waals surface area (Å²) in [5.74, 6) is 0.472. The monoisotopic (exact) mass is 246 g/mol. The molecule has 0 amide bonds. The SMILES string of the molecule is CN1CCCCC1COc1ccc(N)c(C#N)n1. The number of aromatic nitrogens is 1. The van der Waals surface area contributed by atoms with Crippen LogP contribution in [0.1, 0.15) is 25.0 Å². The molecule has 2 rings (SSSR count). The molecule has 96 valence electrons. The van der Waals surface area contributed by atoms with Crippen molar-refractivity contribution in [3.8, 4) is 11.9 Å². The summed E-state index contributed by atoms with van der Waals surface area (Å²) in [4.78, 5) is 6.38. The number of nitrogen functional groups attached to an aromatic ring is 1. The smallest absolute Gasteiger partial charge is 0.214 e. The van der Waals surface area contributed by atoms with Gasteiger partial charge in [-0.3, -0.25) is 0 Å². The van der Waals surface area contributed by atoms with Crippen molar-refractivity contribution in [1.29, 1.82) is 5.26 Å². The maximum Gasteiger partial charge on any atom is 0.214 e.